The van der Waals surface area contributed by atoms with E-state index in [4.69, 9.17) is 9.40 Å². The van der Waals surface area contributed by atoms with Crippen LogP contribution >= 0.6 is 0 Å². The second kappa shape index (κ2) is 11.6. The molecule has 4 heteroatoms. The predicted molar refractivity (Wildman–Crippen MR) is 199 cm³/mol. The maximum absolute atomic E-state index is 6.82. The molecular weight excluding hydrogens is 587 g/mol. The minimum absolute atomic E-state index is 0.296. The molecule has 8 aromatic rings. The van der Waals surface area contributed by atoms with Crippen molar-refractivity contribution in [2.24, 2.45) is 7.05 Å². The Morgan fingerprint density at radius 2 is 1.25 bits per heavy atom. The number of rotatable bonds is 6. The van der Waals surface area contributed by atoms with Crippen LogP contribution in [0.25, 0.3) is 72.6 Å². The SMILES string of the molecule is Cc1ccc2c(oc3nc(-c4ccccc4)ccc32)c1-c1n(-c2c(C(C)C)cc(-c3ccccc3)cc2C(C)C)c2ccccc2[n+]1C. The number of hydrogen-bond donors (Lipinski definition) is 0. The summed E-state index contributed by atoms with van der Waals surface area (Å²) in [7, 11) is 2.18. The zero-order chi connectivity index (χ0) is 33.1. The Balaban J connectivity index is 1.47. The number of imidazole rings is 1. The molecule has 0 aliphatic carbocycles. The number of para-hydroxylation sites is 2. The van der Waals surface area contributed by atoms with Crippen molar-refractivity contribution in [1.82, 2.24) is 9.55 Å². The van der Waals surface area contributed by atoms with Gasteiger partial charge in [0.25, 0.3) is 5.82 Å². The van der Waals surface area contributed by atoms with Crippen LogP contribution in [0.2, 0.25) is 0 Å². The van der Waals surface area contributed by atoms with E-state index in [-0.39, 0.29) is 0 Å². The first kappa shape index (κ1) is 29.9. The summed E-state index contributed by atoms with van der Waals surface area (Å²) in [6.45, 7) is 11.4. The molecule has 4 nitrogen and oxygen atoms in total. The largest absolute Gasteiger partial charge is 0.437 e. The van der Waals surface area contributed by atoms with Gasteiger partial charge in [-0.1, -0.05) is 113 Å². The molecule has 0 amide bonds. The highest BCUT2D eigenvalue weighted by Crippen LogP contribution is 2.43. The van der Waals surface area contributed by atoms with Gasteiger partial charge >= 0.3 is 0 Å². The van der Waals surface area contributed by atoms with Crippen LogP contribution in [0.4, 0.5) is 0 Å². The van der Waals surface area contributed by atoms with Crippen molar-refractivity contribution in [3.8, 4) is 39.5 Å². The molecule has 3 aromatic heterocycles. The topological polar surface area (TPSA) is 34.8 Å². The summed E-state index contributed by atoms with van der Waals surface area (Å²) in [5, 5.41) is 2.09. The number of aromatic nitrogens is 3. The van der Waals surface area contributed by atoms with Crippen LogP contribution in [-0.4, -0.2) is 9.55 Å². The number of aryl methyl sites for hydroxylation is 2. The summed E-state index contributed by atoms with van der Waals surface area (Å²) in [4.78, 5) is 5.03. The van der Waals surface area contributed by atoms with Gasteiger partial charge in [0, 0.05) is 27.5 Å². The van der Waals surface area contributed by atoms with Gasteiger partial charge in [0.2, 0.25) is 5.71 Å². The smallest absolute Gasteiger partial charge is 0.299 e. The molecule has 0 aliphatic rings. The van der Waals surface area contributed by atoms with E-state index in [9.17, 15) is 0 Å². The van der Waals surface area contributed by atoms with Crippen molar-refractivity contribution < 1.29 is 8.98 Å². The number of pyridine rings is 1. The van der Waals surface area contributed by atoms with Crippen LogP contribution in [0.1, 0.15) is 56.2 Å². The van der Waals surface area contributed by atoms with E-state index in [2.05, 4.69) is 154 Å². The van der Waals surface area contributed by atoms with E-state index in [0.29, 0.717) is 17.5 Å². The van der Waals surface area contributed by atoms with E-state index in [0.717, 1.165) is 44.6 Å². The summed E-state index contributed by atoms with van der Waals surface area (Å²) in [5.41, 5.74) is 14.5. The second-order valence-electron chi connectivity index (χ2n) is 13.5. The normalized spacial score (nSPS) is 11.9. The lowest BCUT2D eigenvalue weighted by Crippen LogP contribution is -2.30. The molecule has 0 radical (unpaired) electrons. The lowest BCUT2D eigenvalue weighted by molar-refractivity contribution is -0.633. The minimum Gasteiger partial charge on any atom is -0.437 e. The Hall–Kier alpha value is -5.48. The van der Waals surface area contributed by atoms with Crippen LogP contribution in [0.15, 0.2) is 126 Å². The minimum atomic E-state index is 0.296. The van der Waals surface area contributed by atoms with Gasteiger partial charge in [-0.2, -0.15) is 4.57 Å². The van der Waals surface area contributed by atoms with Crippen molar-refractivity contribution in [2.75, 3.05) is 0 Å². The van der Waals surface area contributed by atoms with Crippen molar-refractivity contribution in [3.63, 3.8) is 0 Å². The lowest BCUT2D eigenvalue weighted by Gasteiger charge is -2.21. The molecular formula is C44H40N3O+. The molecule has 0 spiro atoms. The summed E-state index contributed by atoms with van der Waals surface area (Å²) >= 11 is 0. The van der Waals surface area contributed by atoms with Gasteiger partial charge in [0.05, 0.1) is 12.7 Å². The van der Waals surface area contributed by atoms with E-state index < -0.39 is 0 Å². The molecule has 0 fully saturated rings. The van der Waals surface area contributed by atoms with Gasteiger partial charge in [0.1, 0.15) is 11.3 Å². The first-order valence-electron chi connectivity index (χ1n) is 16.9. The quantitative estimate of drug-likeness (QED) is 0.172. The molecule has 5 aromatic carbocycles. The standard InChI is InChI=1S/C44H40N3O/c1-27(2)35-25-32(30-15-9-7-10-16-30)26-36(28(3)4)41(35)47-39-20-14-13-19-38(39)46(6)44(47)40-29(5)21-22-33-34-23-24-37(31-17-11-8-12-18-31)45-43(34)48-42(33)40/h7-28H,1-6H3/q+1. The van der Waals surface area contributed by atoms with E-state index in [1.807, 2.05) is 18.2 Å². The molecule has 0 unspecified atom stereocenters. The fourth-order valence-corrected chi connectivity index (χ4v) is 7.30. The molecule has 8 rings (SSSR count). The van der Waals surface area contributed by atoms with Gasteiger partial charge in [-0.3, -0.25) is 0 Å². The fourth-order valence-electron chi connectivity index (χ4n) is 7.30. The Bertz CT molecular complexity index is 2440. The van der Waals surface area contributed by atoms with Crippen molar-refractivity contribution >= 4 is 33.1 Å². The van der Waals surface area contributed by atoms with Crippen LogP contribution < -0.4 is 4.57 Å². The Kier molecular flexibility index (Phi) is 7.25. The number of fused-ring (bicyclic) bond motifs is 4. The third-order valence-corrected chi connectivity index (χ3v) is 9.77. The number of furan rings is 1. The molecule has 0 atom stereocenters. The van der Waals surface area contributed by atoms with Crippen LogP contribution in [0, 0.1) is 6.92 Å². The molecule has 0 aliphatic heterocycles. The van der Waals surface area contributed by atoms with Crippen molar-refractivity contribution in [1.29, 1.82) is 0 Å². The lowest BCUT2D eigenvalue weighted by atomic mass is 9.88. The summed E-state index contributed by atoms with van der Waals surface area (Å²) in [6.07, 6.45) is 0. The summed E-state index contributed by atoms with van der Waals surface area (Å²) in [5.74, 6) is 1.69. The van der Waals surface area contributed by atoms with Crippen LogP contribution in [-0.2, 0) is 7.05 Å². The average molecular weight is 627 g/mol. The average Bonchev–Trinajstić information content (AvgIpc) is 3.62. The maximum atomic E-state index is 6.82. The first-order valence-corrected chi connectivity index (χ1v) is 16.9. The first-order chi connectivity index (χ1) is 23.3. The number of nitrogens with zero attached hydrogens (tertiary/aromatic N) is 3. The van der Waals surface area contributed by atoms with Crippen molar-refractivity contribution in [3.05, 3.63) is 138 Å². The monoisotopic (exact) mass is 626 g/mol. The highest BCUT2D eigenvalue weighted by molar-refractivity contribution is 6.09. The molecule has 0 saturated carbocycles. The van der Waals surface area contributed by atoms with Gasteiger partial charge in [-0.15, -0.1) is 0 Å². The summed E-state index contributed by atoms with van der Waals surface area (Å²) < 4.78 is 11.7. The molecule has 236 valence electrons. The van der Waals surface area contributed by atoms with Gasteiger partial charge in [0.15, 0.2) is 16.6 Å². The third kappa shape index (κ3) is 4.74. The third-order valence-electron chi connectivity index (χ3n) is 9.77. The van der Waals surface area contributed by atoms with Gasteiger partial charge < -0.3 is 4.42 Å². The van der Waals surface area contributed by atoms with Gasteiger partial charge in [-0.25, -0.2) is 9.55 Å². The summed E-state index contributed by atoms with van der Waals surface area (Å²) in [6, 6.07) is 43.3. The second-order valence-corrected chi connectivity index (χ2v) is 13.5. The fraction of sp³-hybridized carbons (Fsp3) is 0.182. The highest BCUT2D eigenvalue weighted by Gasteiger charge is 2.34. The Morgan fingerprint density at radius 3 is 1.92 bits per heavy atom. The Morgan fingerprint density at radius 1 is 0.646 bits per heavy atom. The van der Waals surface area contributed by atoms with Crippen LogP contribution in [0.5, 0.6) is 0 Å². The number of benzene rings is 5. The molecule has 48 heavy (non-hydrogen) atoms. The highest BCUT2D eigenvalue weighted by atomic mass is 16.3. The molecule has 3 heterocycles. The predicted octanol–water partition coefficient (Wildman–Crippen LogP) is 11.3. The Labute approximate surface area is 281 Å². The molecule has 0 N–H and O–H groups in total. The van der Waals surface area contributed by atoms with Gasteiger partial charge in [-0.05, 0) is 71.8 Å². The van der Waals surface area contributed by atoms with Crippen LogP contribution in [0.3, 0.4) is 0 Å². The van der Waals surface area contributed by atoms with E-state index in [1.54, 1.807) is 0 Å². The van der Waals surface area contributed by atoms with Crippen molar-refractivity contribution in [2.45, 2.75) is 46.5 Å². The maximum Gasteiger partial charge on any atom is 0.299 e. The molecule has 0 bridgehead atoms. The zero-order valence-electron chi connectivity index (χ0n) is 28.5. The zero-order valence-corrected chi connectivity index (χ0v) is 28.5. The van der Waals surface area contributed by atoms with E-state index >= 15 is 0 Å². The molecule has 0 saturated heterocycles. The van der Waals surface area contributed by atoms with E-state index in [1.165, 1.54) is 39.0 Å². The number of hydrogen-bond acceptors (Lipinski definition) is 2.